The van der Waals surface area contributed by atoms with Crippen molar-refractivity contribution in [1.82, 2.24) is 0 Å². The van der Waals surface area contributed by atoms with E-state index >= 15 is 0 Å². The molecule has 0 aliphatic carbocycles. The van der Waals surface area contributed by atoms with E-state index in [1.54, 1.807) is 0 Å². The predicted octanol–water partition coefficient (Wildman–Crippen LogP) is 4.10. The van der Waals surface area contributed by atoms with Crippen molar-refractivity contribution in [2.75, 3.05) is 4.72 Å². The summed E-state index contributed by atoms with van der Waals surface area (Å²) in [5.41, 5.74) is 0.197. The lowest BCUT2D eigenvalue weighted by molar-refractivity contribution is 0.601. The Balaban J connectivity index is 2.46. The fraction of sp³-hybridized carbons (Fsp3) is 0. The Morgan fingerprint density at radius 3 is 2.42 bits per heavy atom. The first kappa shape index (κ1) is 18.5. The van der Waals surface area contributed by atoms with Gasteiger partial charge in [0, 0.05) is 10.6 Å². The standard InChI is InChI=1S/C13H10Cl3N5O2S/c14-7-1-4-12(9(5-7)13(17)19-21-18)20-24(22,23)8-2-3-10(15)11(16)6-8/h1-6,20H,(H3,17,18,19). The van der Waals surface area contributed by atoms with Crippen molar-refractivity contribution in [3.8, 4) is 0 Å². The molecule has 11 heteroatoms. The Morgan fingerprint density at radius 2 is 1.79 bits per heavy atom. The van der Waals surface area contributed by atoms with E-state index < -0.39 is 10.0 Å². The molecule has 0 saturated heterocycles. The zero-order chi connectivity index (χ0) is 17.9. The van der Waals surface area contributed by atoms with Gasteiger partial charge in [-0.25, -0.2) is 8.42 Å². The van der Waals surface area contributed by atoms with Crippen LogP contribution in [0, 0.1) is 5.41 Å². The fourth-order valence-corrected chi connectivity index (χ4v) is 3.40. The maximum absolute atomic E-state index is 12.5. The van der Waals surface area contributed by atoms with Gasteiger partial charge in [0.2, 0.25) is 0 Å². The number of benzene rings is 2. The van der Waals surface area contributed by atoms with Crippen molar-refractivity contribution in [2.24, 2.45) is 16.2 Å². The molecule has 0 atom stereocenters. The minimum atomic E-state index is -3.97. The predicted molar refractivity (Wildman–Crippen MR) is 94.6 cm³/mol. The van der Waals surface area contributed by atoms with Crippen LogP contribution in [0.1, 0.15) is 5.56 Å². The Labute approximate surface area is 153 Å². The zero-order valence-corrected chi connectivity index (χ0v) is 14.9. The molecule has 0 aromatic heterocycles. The average molecular weight is 407 g/mol. The van der Waals surface area contributed by atoms with Crippen molar-refractivity contribution in [3.05, 3.63) is 57.0 Å². The largest absolute Gasteiger partial charge is 0.305 e. The number of hydrogen-bond donors (Lipinski definition) is 3. The van der Waals surface area contributed by atoms with Gasteiger partial charge in [-0.2, -0.15) is 0 Å². The van der Waals surface area contributed by atoms with Gasteiger partial charge in [-0.15, -0.1) is 5.11 Å². The zero-order valence-electron chi connectivity index (χ0n) is 11.8. The molecule has 0 amide bonds. The van der Waals surface area contributed by atoms with Crippen LogP contribution in [0.4, 0.5) is 5.69 Å². The second kappa shape index (κ2) is 7.35. The highest BCUT2D eigenvalue weighted by Gasteiger charge is 2.19. The van der Waals surface area contributed by atoms with E-state index in [9.17, 15) is 8.42 Å². The molecule has 2 aromatic rings. The molecule has 0 heterocycles. The van der Waals surface area contributed by atoms with Crippen LogP contribution < -0.4 is 10.6 Å². The molecule has 0 aliphatic rings. The third kappa shape index (κ3) is 4.15. The number of anilines is 1. The van der Waals surface area contributed by atoms with Crippen LogP contribution in [0.15, 0.2) is 51.6 Å². The Morgan fingerprint density at radius 1 is 1.08 bits per heavy atom. The summed E-state index contributed by atoms with van der Waals surface area (Å²) in [5, 5.41) is 14.8. The molecule has 0 bridgehead atoms. The maximum Gasteiger partial charge on any atom is 0.261 e. The van der Waals surface area contributed by atoms with Gasteiger partial charge in [0.1, 0.15) is 0 Å². The lowest BCUT2D eigenvalue weighted by Crippen LogP contribution is -2.15. The highest BCUT2D eigenvalue weighted by atomic mass is 35.5. The number of hydrogen-bond acceptors (Lipinski definition) is 4. The summed E-state index contributed by atoms with van der Waals surface area (Å²) in [5.74, 6) is 4.57. The van der Waals surface area contributed by atoms with E-state index in [0.717, 1.165) is 0 Å². The van der Waals surface area contributed by atoms with Crippen molar-refractivity contribution in [2.45, 2.75) is 4.90 Å². The quantitative estimate of drug-likeness (QED) is 0.233. The summed E-state index contributed by atoms with van der Waals surface area (Å²) >= 11 is 17.5. The smallest absolute Gasteiger partial charge is 0.261 e. The van der Waals surface area contributed by atoms with Gasteiger partial charge in [0.25, 0.3) is 10.0 Å². The van der Waals surface area contributed by atoms with E-state index in [2.05, 4.69) is 15.1 Å². The average Bonchev–Trinajstić information content (AvgIpc) is 2.51. The number of nitrogens with one attached hydrogen (secondary N) is 2. The van der Waals surface area contributed by atoms with Crippen LogP contribution in [-0.2, 0) is 10.0 Å². The van der Waals surface area contributed by atoms with E-state index in [-0.39, 0.29) is 32.0 Å². The SMILES string of the molecule is N=C(N=NN)c1cc(Cl)ccc1NS(=O)(=O)c1ccc(Cl)c(Cl)c1. The molecule has 7 nitrogen and oxygen atoms in total. The van der Waals surface area contributed by atoms with Crippen LogP contribution in [0.3, 0.4) is 0 Å². The van der Waals surface area contributed by atoms with Crippen molar-refractivity contribution in [1.29, 1.82) is 5.41 Å². The van der Waals surface area contributed by atoms with E-state index in [0.29, 0.717) is 5.02 Å². The van der Waals surface area contributed by atoms with Gasteiger partial charge in [0.05, 0.1) is 20.6 Å². The van der Waals surface area contributed by atoms with Gasteiger partial charge in [-0.05, 0) is 36.4 Å². The molecule has 2 aromatic carbocycles. The fourth-order valence-electron chi connectivity index (χ4n) is 1.76. The number of rotatable bonds is 4. The second-order valence-corrected chi connectivity index (χ2v) is 7.37. The first-order valence-electron chi connectivity index (χ1n) is 6.22. The summed E-state index contributed by atoms with van der Waals surface area (Å²) in [6.07, 6.45) is 0. The topological polar surface area (TPSA) is 121 Å². The molecule has 0 unspecified atom stereocenters. The van der Waals surface area contributed by atoms with Crippen molar-refractivity contribution in [3.63, 3.8) is 0 Å². The molecule has 126 valence electrons. The lowest BCUT2D eigenvalue weighted by atomic mass is 10.1. The molecule has 0 radical (unpaired) electrons. The first-order valence-corrected chi connectivity index (χ1v) is 8.83. The molecule has 0 saturated carbocycles. The molecular weight excluding hydrogens is 397 g/mol. The van der Waals surface area contributed by atoms with Crippen LogP contribution in [0.5, 0.6) is 0 Å². The summed E-state index contributed by atoms with van der Waals surface area (Å²) in [6, 6.07) is 8.11. The monoisotopic (exact) mass is 405 g/mol. The molecule has 0 aliphatic heterocycles. The number of halogens is 3. The highest BCUT2D eigenvalue weighted by Crippen LogP contribution is 2.28. The summed E-state index contributed by atoms with van der Waals surface area (Å²) in [4.78, 5) is -0.0928. The van der Waals surface area contributed by atoms with E-state index in [1.165, 1.54) is 36.4 Å². The summed E-state index contributed by atoms with van der Waals surface area (Å²) in [6.45, 7) is 0. The molecule has 0 spiro atoms. The van der Waals surface area contributed by atoms with Gasteiger partial charge in [-0.1, -0.05) is 40.0 Å². The third-order valence-electron chi connectivity index (χ3n) is 2.84. The molecule has 24 heavy (non-hydrogen) atoms. The maximum atomic E-state index is 12.5. The van der Waals surface area contributed by atoms with Crippen molar-refractivity contribution < 1.29 is 8.42 Å². The van der Waals surface area contributed by atoms with Gasteiger partial charge >= 0.3 is 0 Å². The van der Waals surface area contributed by atoms with Gasteiger partial charge < -0.3 is 5.84 Å². The van der Waals surface area contributed by atoms with Crippen LogP contribution in [0.25, 0.3) is 0 Å². The minimum Gasteiger partial charge on any atom is -0.305 e. The highest BCUT2D eigenvalue weighted by molar-refractivity contribution is 7.92. The number of nitrogens with two attached hydrogens (primary N) is 1. The van der Waals surface area contributed by atoms with E-state index in [4.69, 9.17) is 46.1 Å². The number of amidine groups is 1. The Bertz CT molecular complexity index is 931. The lowest BCUT2D eigenvalue weighted by Gasteiger charge is -2.12. The van der Waals surface area contributed by atoms with Crippen LogP contribution in [-0.4, -0.2) is 14.3 Å². The molecule has 2 rings (SSSR count). The van der Waals surface area contributed by atoms with Gasteiger partial charge in [0.15, 0.2) is 5.84 Å². The normalized spacial score (nSPS) is 11.6. The third-order valence-corrected chi connectivity index (χ3v) is 5.18. The minimum absolute atomic E-state index is 0.0860. The number of sulfonamides is 1. The molecule has 0 fully saturated rings. The van der Waals surface area contributed by atoms with Crippen LogP contribution in [0.2, 0.25) is 15.1 Å². The number of nitrogens with zero attached hydrogens (tertiary/aromatic N) is 2. The van der Waals surface area contributed by atoms with Gasteiger partial charge in [-0.3, -0.25) is 10.1 Å². The Kier molecular flexibility index (Phi) is 5.66. The van der Waals surface area contributed by atoms with Crippen molar-refractivity contribution >= 4 is 56.3 Å². The second-order valence-electron chi connectivity index (χ2n) is 4.44. The molecular formula is C13H10Cl3N5O2S. The molecule has 4 N–H and O–H groups in total. The van der Waals surface area contributed by atoms with Crippen LogP contribution >= 0.6 is 34.8 Å². The summed E-state index contributed by atoms with van der Waals surface area (Å²) < 4.78 is 27.3. The first-order chi connectivity index (χ1) is 11.2. The Hall–Kier alpha value is -1.87. The van der Waals surface area contributed by atoms with E-state index in [1.807, 2.05) is 0 Å². The summed E-state index contributed by atoms with van der Waals surface area (Å²) in [7, 11) is -3.97.